The highest BCUT2D eigenvalue weighted by Crippen LogP contribution is 2.24. The maximum atomic E-state index is 12.4. The number of aromatic nitrogens is 4. The Morgan fingerprint density at radius 2 is 1.90 bits per heavy atom. The van der Waals surface area contributed by atoms with Crippen LogP contribution in [0.2, 0.25) is 10.0 Å². The van der Waals surface area contributed by atoms with Crippen LogP contribution in [0.1, 0.15) is 21.5 Å². The summed E-state index contributed by atoms with van der Waals surface area (Å²) in [6.07, 6.45) is 3.06. The smallest absolute Gasteiger partial charge is 0.271 e. The number of benzene rings is 2. The minimum atomic E-state index is -0.416. The van der Waals surface area contributed by atoms with Crippen molar-refractivity contribution in [3.05, 3.63) is 75.7 Å². The number of nitrogens with one attached hydrogen (secondary N) is 2. The van der Waals surface area contributed by atoms with E-state index in [-0.39, 0.29) is 5.02 Å². The molecule has 0 radical (unpaired) electrons. The van der Waals surface area contributed by atoms with E-state index in [1.807, 2.05) is 26.0 Å². The molecule has 2 heterocycles. The first kappa shape index (κ1) is 19.2. The van der Waals surface area contributed by atoms with Crippen LogP contribution in [0.25, 0.3) is 16.7 Å². The van der Waals surface area contributed by atoms with E-state index < -0.39 is 5.91 Å². The first-order chi connectivity index (χ1) is 13.9. The average Bonchev–Trinajstić information content (AvgIpc) is 3.10. The fraction of sp³-hybridized carbons (Fsp3) is 0.100. The Bertz CT molecular complexity index is 1240. The van der Waals surface area contributed by atoms with E-state index in [0.29, 0.717) is 27.4 Å². The number of fused-ring (bicyclic) bond motifs is 1. The van der Waals surface area contributed by atoms with Gasteiger partial charge in [0.1, 0.15) is 6.33 Å². The van der Waals surface area contributed by atoms with Crippen molar-refractivity contribution in [3.63, 3.8) is 0 Å². The molecule has 146 valence electrons. The lowest BCUT2D eigenvalue weighted by Gasteiger charge is -2.10. The zero-order valence-electron chi connectivity index (χ0n) is 15.6. The van der Waals surface area contributed by atoms with Gasteiger partial charge in [0.2, 0.25) is 0 Å². The lowest BCUT2D eigenvalue weighted by Crippen LogP contribution is -2.30. The third-order valence-corrected chi connectivity index (χ3v) is 4.96. The van der Waals surface area contributed by atoms with E-state index in [0.717, 1.165) is 11.3 Å². The molecule has 0 saturated heterocycles. The molecule has 0 unspecified atom stereocenters. The Hall–Kier alpha value is -3.16. The molecule has 0 aliphatic rings. The van der Waals surface area contributed by atoms with Gasteiger partial charge >= 0.3 is 0 Å². The summed E-state index contributed by atoms with van der Waals surface area (Å²) >= 11 is 12.0. The number of hydrogen-bond donors (Lipinski definition) is 2. The van der Waals surface area contributed by atoms with E-state index >= 15 is 0 Å². The van der Waals surface area contributed by atoms with Crippen molar-refractivity contribution in [3.8, 4) is 5.69 Å². The average molecular weight is 427 g/mol. The molecule has 0 bridgehead atoms. The predicted molar refractivity (Wildman–Crippen MR) is 114 cm³/mol. The normalized spacial score (nSPS) is 10.9. The molecular formula is C20H16Cl2N6O. The van der Waals surface area contributed by atoms with Crippen LogP contribution in [0.4, 0.5) is 5.82 Å². The molecule has 9 heteroatoms. The highest BCUT2D eigenvalue weighted by Gasteiger charge is 2.15. The van der Waals surface area contributed by atoms with E-state index in [1.165, 1.54) is 18.0 Å². The van der Waals surface area contributed by atoms with Gasteiger partial charge in [-0.25, -0.2) is 14.6 Å². The van der Waals surface area contributed by atoms with Gasteiger partial charge in [-0.3, -0.25) is 15.6 Å². The molecule has 2 aromatic heterocycles. The van der Waals surface area contributed by atoms with Crippen molar-refractivity contribution in [2.75, 3.05) is 5.43 Å². The van der Waals surface area contributed by atoms with E-state index in [2.05, 4.69) is 32.0 Å². The van der Waals surface area contributed by atoms with Gasteiger partial charge in [0.25, 0.3) is 5.91 Å². The van der Waals surface area contributed by atoms with Gasteiger partial charge in [0.05, 0.1) is 27.9 Å². The van der Waals surface area contributed by atoms with Crippen LogP contribution in [0, 0.1) is 13.8 Å². The monoisotopic (exact) mass is 426 g/mol. The van der Waals surface area contributed by atoms with Crippen LogP contribution in [-0.4, -0.2) is 25.7 Å². The second-order valence-corrected chi connectivity index (χ2v) is 7.35. The van der Waals surface area contributed by atoms with Crippen molar-refractivity contribution < 1.29 is 4.79 Å². The van der Waals surface area contributed by atoms with Crippen LogP contribution in [0.3, 0.4) is 0 Å². The lowest BCUT2D eigenvalue weighted by molar-refractivity contribution is 0.0962. The van der Waals surface area contributed by atoms with Crippen LogP contribution in [0.5, 0.6) is 0 Å². The predicted octanol–water partition coefficient (Wildman–Crippen LogP) is 4.50. The summed E-state index contributed by atoms with van der Waals surface area (Å²) in [5.74, 6) is 0.00431. The molecule has 2 N–H and O–H groups in total. The summed E-state index contributed by atoms with van der Waals surface area (Å²) in [4.78, 5) is 21.0. The third kappa shape index (κ3) is 3.74. The standard InChI is InChI=1S/C20H16Cl2N6O/c1-11-3-6-17(12(2)7-11)28-19-15(9-25-28)18(23-10-24-19)26-27-20(29)14-5-4-13(21)8-16(14)22/h3-10H,1-2H3,(H,27,29)(H,23,24,26). The summed E-state index contributed by atoms with van der Waals surface area (Å²) < 4.78 is 1.74. The van der Waals surface area contributed by atoms with Gasteiger partial charge in [-0.15, -0.1) is 0 Å². The van der Waals surface area contributed by atoms with Gasteiger partial charge in [0, 0.05) is 5.02 Å². The number of carbonyl (C=O) groups is 1. The van der Waals surface area contributed by atoms with Gasteiger partial charge < -0.3 is 0 Å². The Kier molecular flexibility index (Phi) is 5.08. The van der Waals surface area contributed by atoms with Crippen LogP contribution < -0.4 is 10.9 Å². The number of nitrogens with zero attached hydrogens (tertiary/aromatic N) is 4. The fourth-order valence-electron chi connectivity index (χ4n) is 3.02. The highest BCUT2D eigenvalue weighted by atomic mass is 35.5. The van der Waals surface area contributed by atoms with E-state index in [9.17, 15) is 4.79 Å². The molecule has 0 fully saturated rings. The Morgan fingerprint density at radius 1 is 1.07 bits per heavy atom. The molecule has 0 saturated carbocycles. The summed E-state index contributed by atoms with van der Waals surface area (Å²) in [5, 5.41) is 5.82. The Morgan fingerprint density at radius 3 is 2.66 bits per heavy atom. The molecule has 29 heavy (non-hydrogen) atoms. The minimum Gasteiger partial charge on any atom is -0.281 e. The largest absolute Gasteiger partial charge is 0.281 e. The highest BCUT2D eigenvalue weighted by molar-refractivity contribution is 6.36. The first-order valence-corrected chi connectivity index (χ1v) is 9.47. The summed E-state index contributed by atoms with van der Waals surface area (Å²) in [5.41, 5.74) is 9.49. The van der Waals surface area contributed by atoms with Crippen molar-refractivity contribution in [2.45, 2.75) is 13.8 Å². The molecule has 1 amide bonds. The summed E-state index contributed by atoms with van der Waals surface area (Å²) in [6.45, 7) is 4.06. The zero-order chi connectivity index (χ0) is 20.5. The Balaban J connectivity index is 1.62. The fourth-order valence-corrected chi connectivity index (χ4v) is 3.51. The number of hydrogen-bond acceptors (Lipinski definition) is 5. The maximum Gasteiger partial charge on any atom is 0.271 e. The number of amides is 1. The quantitative estimate of drug-likeness (QED) is 0.469. The van der Waals surface area contributed by atoms with Crippen molar-refractivity contribution >= 4 is 46.0 Å². The van der Waals surface area contributed by atoms with Crippen LogP contribution >= 0.6 is 23.2 Å². The molecular weight excluding hydrogens is 411 g/mol. The van der Waals surface area contributed by atoms with E-state index in [1.54, 1.807) is 23.0 Å². The third-order valence-electron chi connectivity index (χ3n) is 4.42. The van der Waals surface area contributed by atoms with Gasteiger partial charge in [-0.1, -0.05) is 40.9 Å². The summed E-state index contributed by atoms with van der Waals surface area (Å²) in [6, 6.07) is 10.8. The summed E-state index contributed by atoms with van der Waals surface area (Å²) in [7, 11) is 0. The molecule has 0 aliphatic heterocycles. The van der Waals surface area contributed by atoms with Gasteiger partial charge in [-0.05, 0) is 43.7 Å². The molecule has 0 spiro atoms. The molecule has 0 aliphatic carbocycles. The molecule has 2 aromatic carbocycles. The van der Waals surface area contributed by atoms with E-state index in [4.69, 9.17) is 23.2 Å². The number of hydrazine groups is 1. The van der Waals surface area contributed by atoms with Crippen LogP contribution in [-0.2, 0) is 0 Å². The van der Waals surface area contributed by atoms with Gasteiger partial charge in [0.15, 0.2) is 11.5 Å². The van der Waals surface area contributed by atoms with Crippen molar-refractivity contribution in [1.82, 2.24) is 25.2 Å². The molecule has 0 atom stereocenters. The van der Waals surface area contributed by atoms with Crippen molar-refractivity contribution in [2.24, 2.45) is 0 Å². The topological polar surface area (TPSA) is 84.7 Å². The van der Waals surface area contributed by atoms with Crippen LogP contribution in [0.15, 0.2) is 48.9 Å². The number of aryl methyl sites for hydroxylation is 2. The first-order valence-electron chi connectivity index (χ1n) is 8.72. The zero-order valence-corrected chi connectivity index (χ0v) is 17.1. The molecule has 7 nitrogen and oxygen atoms in total. The number of anilines is 1. The maximum absolute atomic E-state index is 12.4. The minimum absolute atomic E-state index is 0.257. The number of rotatable bonds is 4. The number of halogens is 2. The second kappa shape index (κ2) is 7.69. The van der Waals surface area contributed by atoms with Crippen molar-refractivity contribution in [1.29, 1.82) is 0 Å². The Labute approximate surface area is 176 Å². The molecule has 4 aromatic rings. The lowest BCUT2D eigenvalue weighted by atomic mass is 10.1. The number of carbonyl (C=O) groups excluding carboxylic acids is 1. The molecule has 4 rings (SSSR count). The SMILES string of the molecule is Cc1ccc(-n2ncc3c(NNC(=O)c4ccc(Cl)cc4Cl)ncnc32)c(C)c1. The van der Waals surface area contributed by atoms with Gasteiger partial charge in [-0.2, -0.15) is 5.10 Å². The second-order valence-electron chi connectivity index (χ2n) is 6.51.